The summed E-state index contributed by atoms with van der Waals surface area (Å²) < 4.78 is 6.18. The van der Waals surface area contributed by atoms with Crippen molar-refractivity contribution in [2.45, 2.75) is 49.5 Å². The highest BCUT2D eigenvalue weighted by molar-refractivity contribution is 6.31. The van der Waals surface area contributed by atoms with Crippen molar-refractivity contribution in [1.29, 1.82) is 0 Å². The fourth-order valence-electron chi connectivity index (χ4n) is 6.24. The molecule has 8 heteroatoms. The zero-order valence-corrected chi connectivity index (χ0v) is 19.1. The second kappa shape index (κ2) is 6.85. The molecule has 0 aromatic heterocycles. The number of fused-ring (bicyclic) bond motifs is 5. The fourth-order valence-corrected chi connectivity index (χ4v) is 6.24. The zero-order chi connectivity index (χ0) is 25.0. The molecule has 5 atom stereocenters. The van der Waals surface area contributed by atoms with Crippen molar-refractivity contribution in [2.75, 3.05) is 5.32 Å². The highest BCUT2D eigenvalue weighted by atomic mass is 16.7. The summed E-state index contributed by atoms with van der Waals surface area (Å²) in [6, 6.07) is 3.94. The lowest BCUT2D eigenvalue weighted by atomic mass is 9.69. The van der Waals surface area contributed by atoms with Gasteiger partial charge in [0, 0.05) is 29.8 Å². The van der Waals surface area contributed by atoms with E-state index in [9.17, 15) is 24.9 Å². The Morgan fingerprint density at radius 3 is 2.33 bits per heavy atom. The summed E-state index contributed by atoms with van der Waals surface area (Å²) in [5.41, 5.74) is -0.185. The summed E-state index contributed by atoms with van der Waals surface area (Å²) in [6.45, 7) is 2.73. The molecule has 7 rings (SSSR count). The minimum absolute atomic E-state index is 0.00188. The number of carbonyl (C=O) groups excluding carboxylic acids is 2. The molecule has 3 aliphatic heterocycles. The van der Waals surface area contributed by atoms with Crippen LogP contribution >= 0.6 is 0 Å². The maximum Gasteiger partial charge on any atom is 0.198 e. The fraction of sp³-hybridized carbons (Fsp3) is 0.286. The van der Waals surface area contributed by atoms with E-state index >= 15 is 0 Å². The number of aromatic hydroxyl groups is 1. The first-order chi connectivity index (χ1) is 17.3. The van der Waals surface area contributed by atoms with Crippen molar-refractivity contribution < 1.29 is 29.6 Å². The van der Waals surface area contributed by atoms with Gasteiger partial charge in [-0.1, -0.05) is 23.7 Å². The van der Waals surface area contributed by atoms with Crippen molar-refractivity contribution >= 4 is 17.3 Å². The number of anilines is 1. The van der Waals surface area contributed by atoms with Crippen molar-refractivity contribution in [3.63, 3.8) is 0 Å². The predicted molar refractivity (Wildman–Crippen MR) is 127 cm³/mol. The van der Waals surface area contributed by atoms with Crippen molar-refractivity contribution in [3.8, 4) is 29.4 Å². The largest absolute Gasteiger partial charge is 0.507 e. The van der Waals surface area contributed by atoms with Crippen LogP contribution in [0.3, 0.4) is 0 Å². The number of allylic oxidation sites excluding steroid dienone is 2. The molecule has 2 aromatic rings. The highest BCUT2D eigenvalue weighted by Gasteiger charge is 2.82. The van der Waals surface area contributed by atoms with Gasteiger partial charge in [0.2, 0.25) is 0 Å². The number of benzene rings is 2. The first kappa shape index (κ1) is 21.4. The number of ether oxygens (including phenoxy) is 1. The number of aliphatic hydroxyl groups is 2. The van der Waals surface area contributed by atoms with Crippen LogP contribution in [-0.4, -0.2) is 50.7 Å². The van der Waals surface area contributed by atoms with Crippen LogP contribution in [0.1, 0.15) is 55.5 Å². The Morgan fingerprint density at radius 2 is 1.67 bits per heavy atom. The van der Waals surface area contributed by atoms with Crippen LogP contribution in [0.4, 0.5) is 5.69 Å². The lowest BCUT2D eigenvalue weighted by Gasteiger charge is -2.37. The van der Waals surface area contributed by atoms with E-state index in [1.807, 2.05) is 0 Å². The van der Waals surface area contributed by atoms with Crippen molar-refractivity contribution in [1.82, 2.24) is 5.32 Å². The van der Waals surface area contributed by atoms with Crippen LogP contribution in [0, 0.1) is 23.7 Å². The SMILES string of the molecule is CC(O)C12OC13c1cc(O)c4c(c1NC2C#CC=CC#CC3O)C(=O)c1cc2c(cc1C4=O)CNC2. The molecule has 0 radical (unpaired) electrons. The Hall–Kier alpha value is -3.92. The quantitative estimate of drug-likeness (QED) is 0.197. The van der Waals surface area contributed by atoms with Crippen LogP contribution in [0.5, 0.6) is 5.75 Å². The predicted octanol–water partition coefficient (Wildman–Crippen LogP) is 0.847. The normalized spacial score (nSPS) is 30.6. The monoisotopic (exact) mass is 480 g/mol. The van der Waals surface area contributed by atoms with Gasteiger partial charge in [-0.15, -0.1) is 0 Å². The van der Waals surface area contributed by atoms with Crippen LogP contribution in [0.15, 0.2) is 30.4 Å². The first-order valence-corrected chi connectivity index (χ1v) is 11.7. The molecular formula is C28H20N2O6. The van der Waals surface area contributed by atoms with Crippen molar-refractivity contribution in [3.05, 3.63) is 69.3 Å². The van der Waals surface area contributed by atoms with Crippen LogP contribution < -0.4 is 10.6 Å². The topological polar surface area (TPSA) is 131 Å². The molecule has 8 nitrogen and oxygen atoms in total. The van der Waals surface area contributed by atoms with E-state index in [1.165, 1.54) is 25.1 Å². The lowest BCUT2D eigenvalue weighted by molar-refractivity contribution is 0.0867. The van der Waals surface area contributed by atoms with Gasteiger partial charge in [-0.2, -0.15) is 0 Å². The van der Waals surface area contributed by atoms with Gasteiger partial charge in [0.05, 0.1) is 22.9 Å². The first-order valence-electron chi connectivity index (χ1n) is 11.7. The van der Waals surface area contributed by atoms with E-state index in [2.05, 4.69) is 34.3 Å². The minimum Gasteiger partial charge on any atom is -0.507 e. The summed E-state index contributed by atoms with van der Waals surface area (Å²) in [5, 5.41) is 39.6. The summed E-state index contributed by atoms with van der Waals surface area (Å²) >= 11 is 0. The highest BCUT2D eigenvalue weighted by Crippen LogP contribution is 2.67. The van der Waals surface area contributed by atoms with Crippen molar-refractivity contribution in [2.24, 2.45) is 0 Å². The molecular weight excluding hydrogens is 460 g/mol. The van der Waals surface area contributed by atoms with Crippen LogP contribution in [0.25, 0.3) is 0 Å². The minimum atomic E-state index is -1.57. The van der Waals surface area contributed by atoms with Crippen LogP contribution in [0.2, 0.25) is 0 Å². The standard InChI is InChI=1S/C28H20N2O6/c1-13(31)27-20-6-4-2-3-5-7-21(33)28(27,36-27)18-10-19(32)22-23(24(18)30-20)26(35)17-9-15-12-29-11-14(15)8-16(17)25(22)34/h2-3,8-10,13,20-21,29-33H,11-12H2,1H3. The van der Waals surface area contributed by atoms with Gasteiger partial charge in [-0.05, 0) is 48.4 Å². The van der Waals surface area contributed by atoms with Gasteiger partial charge in [-0.3, -0.25) is 9.59 Å². The number of rotatable bonds is 1. The number of nitrogens with one attached hydrogen (secondary N) is 2. The Balaban J connectivity index is 1.52. The number of hydrogen-bond acceptors (Lipinski definition) is 8. The summed E-state index contributed by atoms with van der Waals surface area (Å²) in [4.78, 5) is 27.6. The van der Waals surface area contributed by atoms with Gasteiger partial charge in [0.15, 0.2) is 28.9 Å². The molecule has 0 amide bonds. The maximum absolute atomic E-state index is 13.9. The third kappa shape index (κ3) is 2.35. The lowest BCUT2D eigenvalue weighted by Crippen LogP contribution is -2.54. The number of epoxide rings is 1. The van der Waals surface area contributed by atoms with E-state index in [1.54, 1.807) is 12.1 Å². The number of phenolic OH excluding ortho intramolecular Hbond substituents is 1. The summed E-state index contributed by atoms with van der Waals surface area (Å²) in [6.07, 6.45) is 0.517. The molecule has 1 fully saturated rings. The van der Waals surface area contributed by atoms with Gasteiger partial charge >= 0.3 is 0 Å². The molecule has 178 valence electrons. The molecule has 0 spiro atoms. The average Bonchev–Trinajstić information content (AvgIpc) is 3.41. The molecule has 5 N–H and O–H groups in total. The third-order valence-electron chi connectivity index (χ3n) is 7.91. The van der Waals surface area contributed by atoms with E-state index in [0.29, 0.717) is 13.1 Å². The van der Waals surface area contributed by atoms with Gasteiger partial charge in [0.25, 0.3) is 0 Å². The molecule has 1 saturated heterocycles. The molecule has 2 aliphatic carbocycles. The number of carbonyl (C=O) groups is 2. The second-order valence-corrected chi connectivity index (χ2v) is 9.69. The summed E-state index contributed by atoms with van der Waals surface area (Å²) in [7, 11) is 0. The van der Waals surface area contributed by atoms with E-state index in [4.69, 9.17) is 4.74 Å². The van der Waals surface area contributed by atoms with Gasteiger partial charge in [-0.25, -0.2) is 0 Å². The van der Waals surface area contributed by atoms with Gasteiger partial charge in [0.1, 0.15) is 11.8 Å². The van der Waals surface area contributed by atoms with Gasteiger partial charge < -0.3 is 30.7 Å². The zero-order valence-electron chi connectivity index (χ0n) is 19.1. The van der Waals surface area contributed by atoms with E-state index < -0.39 is 46.8 Å². The second-order valence-electron chi connectivity index (χ2n) is 9.69. The Bertz CT molecular complexity index is 1600. The molecule has 2 bridgehead atoms. The Kier molecular flexibility index (Phi) is 4.07. The maximum atomic E-state index is 13.9. The Labute approximate surface area is 206 Å². The average molecular weight is 480 g/mol. The third-order valence-corrected chi connectivity index (χ3v) is 7.91. The molecule has 5 unspecified atom stereocenters. The van der Waals surface area contributed by atoms with E-state index in [-0.39, 0.29) is 33.5 Å². The molecule has 0 saturated carbocycles. The molecule has 5 aliphatic rings. The number of phenols is 1. The molecule has 36 heavy (non-hydrogen) atoms. The number of aliphatic hydroxyl groups excluding tert-OH is 2. The molecule has 3 heterocycles. The number of ketones is 2. The number of hydrogen-bond donors (Lipinski definition) is 5. The smallest absolute Gasteiger partial charge is 0.198 e. The molecule has 2 aromatic carbocycles. The van der Waals surface area contributed by atoms with E-state index in [0.717, 1.165) is 11.1 Å². The summed E-state index contributed by atoms with van der Waals surface area (Å²) in [5.74, 6) is 10.0. The Morgan fingerprint density at radius 1 is 1.03 bits per heavy atom. The van der Waals surface area contributed by atoms with Crippen LogP contribution in [-0.2, 0) is 23.4 Å².